The fourth-order valence-corrected chi connectivity index (χ4v) is 5.77. The SMILES string of the molecule is C=CC1=C(C)c2cc3[nH]c(cc4nc(cc5[nH]c(cc1n2)c(C)c5CCC(=O)O)C(CCC(=O)O)=C4C)c(C)c3C=C.[Si]. The molecule has 5 rings (SSSR count). The Balaban J connectivity index is 0.00000423. The van der Waals surface area contributed by atoms with Crippen molar-refractivity contribution in [2.24, 2.45) is 0 Å². The highest BCUT2D eigenvalue weighted by Crippen LogP contribution is 2.36. The number of hydrogen-bond acceptors (Lipinski definition) is 4. The highest BCUT2D eigenvalue weighted by Gasteiger charge is 2.20. The van der Waals surface area contributed by atoms with Crippen LogP contribution < -0.4 is 0 Å². The van der Waals surface area contributed by atoms with Gasteiger partial charge in [0.2, 0.25) is 0 Å². The zero-order valence-electron chi connectivity index (χ0n) is 24.8. The summed E-state index contributed by atoms with van der Waals surface area (Å²) in [4.78, 5) is 40.0. The van der Waals surface area contributed by atoms with Gasteiger partial charge in [-0.25, -0.2) is 9.97 Å². The maximum atomic E-state index is 11.5. The molecule has 8 bridgehead atoms. The van der Waals surface area contributed by atoms with Gasteiger partial charge in [0, 0.05) is 57.0 Å². The number of aromatic nitrogens is 4. The van der Waals surface area contributed by atoms with Gasteiger partial charge in [0.15, 0.2) is 0 Å². The van der Waals surface area contributed by atoms with Crippen LogP contribution in [-0.2, 0) is 16.0 Å². The van der Waals surface area contributed by atoms with E-state index in [1.54, 1.807) is 6.08 Å². The molecule has 3 aromatic heterocycles. The van der Waals surface area contributed by atoms with Gasteiger partial charge in [-0.3, -0.25) is 9.59 Å². The number of nitrogens with one attached hydrogen (secondary N) is 2. The molecule has 3 aromatic rings. The van der Waals surface area contributed by atoms with E-state index in [4.69, 9.17) is 9.97 Å². The Morgan fingerprint density at radius 3 is 1.91 bits per heavy atom. The maximum Gasteiger partial charge on any atom is 0.303 e. The third-order valence-corrected chi connectivity index (χ3v) is 8.22. The number of nitrogens with zero attached hydrogens (tertiary/aromatic N) is 2. The third-order valence-electron chi connectivity index (χ3n) is 8.22. The number of hydrogen-bond donors (Lipinski definition) is 4. The molecule has 43 heavy (non-hydrogen) atoms. The second kappa shape index (κ2) is 12.2. The van der Waals surface area contributed by atoms with E-state index in [0.717, 1.165) is 83.7 Å². The molecule has 0 saturated heterocycles. The van der Waals surface area contributed by atoms with E-state index < -0.39 is 11.9 Å². The second-order valence-electron chi connectivity index (χ2n) is 10.7. The summed E-state index contributed by atoms with van der Waals surface area (Å²) >= 11 is 0. The van der Waals surface area contributed by atoms with E-state index in [0.29, 0.717) is 18.5 Å². The normalized spacial score (nSPS) is 12.7. The second-order valence-corrected chi connectivity index (χ2v) is 10.7. The molecule has 0 amide bonds. The highest BCUT2D eigenvalue weighted by molar-refractivity contribution is 5.98. The van der Waals surface area contributed by atoms with Gasteiger partial charge in [-0.2, -0.15) is 0 Å². The van der Waals surface area contributed by atoms with Crippen LogP contribution in [0.4, 0.5) is 0 Å². The molecular weight excluding hydrogens is 556 g/mol. The number of fused-ring (bicyclic) bond motifs is 8. The average Bonchev–Trinajstić information content (AvgIpc) is 3.59. The van der Waals surface area contributed by atoms with Gasteiger partial charge in [-0.15, -0.1) is 0 Å². The molecule has 8 nitrogen and oxygen atoms in total. The van der Waals surface area contributed by atoms with Crippen molar-refractivity contribution in [1.82, 2.24) is 19.9 Å². The van der Waals surface area contributed by atoms with Crippen LogP contribution in [0.3, 0.4) is 0 Å². The van der Waals surface area contributed by atoms with Gasteiger partial charge >= 0.3 is 11.9 Å². The summed E-state index contributed by atoms with van der Waals surface area (Å²) in [5, 5.41) is 18.9. The van der Waals surface area contributed by atoms with Crippen LogP contribution in [0, 0.1) is 13.8 Å². The van der Waals surface area contributed by atoms with Gasteiger partial charge in [0.25, 0.3) is 0 Å². The molecule has 2 aliphatic heterocycles. The first-order valence-electron chi connectivity index (χ1n) is 13.9. The smallest absolute Gasteiger partial charge is 0.303 e. The van der Waals surface area contributed by atoms with Crippen LogP contribution >= 0.6 is 0 Å². The Kier molecular flexibility index (Phi) is 8.87. The Morgan fingerprint density at radius 1 is 0.721 bits per heavy atom. The van der Waals surface area contributed by atoms with Crippen molar-refractivity contribution < 1.29 is 19.8 Å². The minimum absolute atomic E-state index is 0. The zero-order valence-corrected chi connectivity index (χ0v) is 25.8. The first kappa shape index (κ1) is 31.2. The molecule has 0 saturated carbocycles. The van der Waals surface area contributed by atoms with Crippen molar-refractivity contribution in [2.45, 2.75) is 53.4 Å². The fourth-order valence-electron chi connectivity index (χ4n) is 5.77. The van der Waals surface area contributed by atoms with Crippen LogP contribution in [0.5, 0.6) is 0 Å². The van der Waals surface area contributed by atoms with E-state index in [1.807, 2.05) is 58.0 Å². The van der Waals surface area contributed by atoms with Crippen molar-refractivity contribution in [1.29, 1.82) is 0 Å². The summed E-state index contributed by atoms with van der Waals surface area (Å²) < 4.78 is 0. The Bertz CT molecular complexity index is 1920. The molecule has 5 heterocycles. The first-order chi connectivity index (χ1) is 20.0. The Hall–Kier alpha value is -4.76. The molecule has 0 unspecified atom stereocenters. The number of aromatic amines is 2. The van der Waals surface area contributed by atoms with E-state index in [1.165, 1.54) is 0 Å². The lowest BCUT2D eigenvalue weighted by atomic mass is 10.0. The highest BCUT2D eigenvalue weighted by atomic mass is 28.1. The minimum Gasteiger partial charge on any atom is -0.481 e. The predicted octanol–water partition coefficient (Wildman–Crippen LogP) is 7.12. The summed E-state index contributed by atoms with van der Waals surface area (Å²) in [6.07, 6.45) is 4.22. The predicted molar refractivity (Wildman–Crippen MR) is 174 cm³/mol. The fraction of sp³-hybridized carbons (Fsp3) is 0.235. The van der Waals surface area contributed by atoms with Crippen LogP contribution in [0.25, 0.3) is 50.4 Å². The number of allylic oxidation sites excluding steroid dienone is 5. The number of aryl methyl sites for hydroxylation is 3. The Morgan fingerprint density at radius 2 is 1.26 bits per heavy atom. The van der Waals surface area contributed by atoms with E-state index in [2.05, 4.69) is 23.1 Å². The van der Waals surface area contributed by atoms with Crippen LogP contribution in [-0.4, -0.2) is 53.1 Å². The van der Waals surface area contributed by atoms with E-state index in [-0.39, 0.29) is 23.8 Å². The van der Waals surface area contributed by atoms with Gasteiger partial charge in [-0.1, -0.05) is 25.3 Å². The molecule has 0 aliphatic carbocycles. The number of rotatable bonds is 8. The number of H-pyrrole nitrogens is 2. The van der Waals surface area contributed by atoms with Crippen molar-refractivity contribution in [3.05, 3.63) is 88.5 Å². The minimum atomic E-state index is -0.883. The number of aliphatic carboxylic acids is 2. The summed E-state index contributed by atoms with van der Waals surface area (Å²) in [5.41, 5.74) is 13.7. The number of carbonyl (C=O) groups is 2. The molecular formula is C34H34N4O4Si. The Labute approximate surface area is 254 Å². The summed E-state index contributed by atoms with van der Waals surface area (Å²) in [6, 6.07) is 7.88. The molecule has 4 N–H and O–H groups in total. The van der Waals surface area contributed by atoms with Crippen molar-refractivity contribution in [2.75, 3.05) is 0 Å². The summed E-state index contributed by atoms with van der Waals surface area (Å²) in [5.74, 6) is -1.76. The molecule has 0 atom stereocenters. The van der Waals surface area contributed by atoms with E-state index >= 15 is 0 Å². The van der Waals surface area contributed by atoms with Crippen LogP contribution in [0.2, 0.25) is 0 Å². The van der Waals surface area contributed by atoms with E-state index in [9.17, 15) is 19.8 Å². The lowest BCUT2D eigenvalue weighted by Gasteiger charge is -2.03. The third kappa shape index (κ3) is 5.81. The number of carboxylic acids is 2. The topological polar surface area (TPSA) is 132 Å². The quantitative estimate of drug-likeness (QED) is 0.207. The largest absolute Gasteiger partial charge is 0.481 e. The van der Waals surface area contributed by atoms with Gasteiger partial charge in [-0.05, 0) is 98.2 Å². The maximum absolute atomic E-state index is 11.5. The number of carboxylic acid groups (broad SMARTS) is 2. The molecule has 0 spiro atoms. The molecule has 218 valence electrons. The monoisotopic (exact) mass is 590 g/mol. The van der Waals surface area contributed by atoms with Gasteiger partial charge in [0.1, 0.15) is 0 Å². The van der Waals surface area contributed by atoms with Crippen molar-refractivity contribution >= 4 is 73.3 Å². The molecule has 9 heteroatoms. The molecule has 4 radical (unpaired) electrons. The van der Waals surface area contributed by atoms with Crippen molar-refractivity contribution in [3.8, 4) is 0 Å². The standard InChI is InChI=1S/C34H34N4O4.Si/c1-7-21-17(3)25-13-26-19(5)23(9-11-33(39)40)31(37-26)16-32-24(10-12-34(41)42)20(6)28(38-32)15-30-22(8-2)18(4)27(36-30)14-29(21)35-25;/h7-8,13-16,35,38H,1-2,9-12H2,3-6H3,(H,39,40)(H,41,42);. The lowest BCUT2D eigenvalue weighted by Crippen LogP contribution is -1.98. The van der Waals surface area contributed by atoms with Gasteiger partial charge in [0.05, 0.1) is 22.8 Å². The summed E-state index contributed by atoms with van der Waals surface area (Å²) in [6.45, 7) is 16.0. The first-order valence-corrected chi connectivity index (χ1v) is 13.9. The van der Waals surface area contributed by atoms with Crippen molar-refractivity contribution in [3.63, 3.8) is 0 Å². The molecule has 0 fully saturated rings. The lowest BCUT2D eigenvalue weighted by molar-refractivity contribution is -0.137. The molecule has 0 aromatic carbocycles. The van der Waals surface area contributed by atoms with Gasteiger partial charge < -0.3 is 20.2 Å². The zero-order chi connectivity index (χ0) is 30.3. The van der Waals surface area contributed by atoms with Crippen LogP contribution in [0.1, 0.15) is 78.1 Å². The summed E-state index contributed by atoms with van der Waals surface area (Å²) in [7, 11) is 0. The average molecular weight is 591 g/mol. The molecule has 2 aliphatic rings. The van der Waals surface area contributed by atoms with Crippen LogP contribution in [0.15, 0.2) is 43.5 Å².